The first-order valence-corrected chi connectivity index (χ1v) is 8.02. The summed E-state index contributed by atoms with van der Waals surface area (Å²) >= 11 is 6.81. The molecule has 0 radical (unpaired) electrons. The summed E-state index contributed by atoms with van der Waals surface area (Å²) in [6.45, 7) is 5.54. The predicted molar refractivity (Wildman–Crippen MR) is 79.3 cm³/mol. The highest BCUT2D eigenvalue weighted by atomic mass is 32.2. The Bertz CT molecular complexity index is 384. The van der Waals surface area contributed by atoms with Gasteiger partial charge in [-0.1, -0.05) is 24.0 Å². The summed E-state index contributed by atoms with van der Waals surface area (Å²) in [6, 6.07) is 0. The molecule has 5 nitrogen and oxygen atoms in total. The molecule has 0 spiro atoms. The monoisotopic (exact) mass is 303 g/mol. The van der Waals surface area contributed by atoms with Crippen molar-refractivity contribution in [1.29, 1.82) is 0 Å². The largest absolute Gasteiger partial charge is 0.378 e. The summed E-state index contributed by atoms with van der Waals surface area (Å²) in [5, 5.41) is 0.736. The molecule has 0 aliphatic carbocycles. The quantitative estimate of drug-likeness (QED) is 0.407. The molecule has 19 heavy (non-hydrogen) atoms. The molecule has 106 valence electrons. The Morgan fingerprint density at radius 1 is 1.16 bits per heavy atom. The van der Waals surface area contributed by atoms with Crippen LogP contribution in [0, 0.1) is 0 Å². The van der Waals surface area contributed by atoms with Crippen LogP contribution in [0.25, 0.3) is 0 Å². The van der Waals surface area contributed by atoms with Crippen LogP contribution >= 0.6 is 24.0 Å². The van der Waals surface area contributed by atoms with E-state index in [0.717, 1.165) is 18.1 Å². The first-order chi connectivity index (χ1) is 9.24. The lowest BCUT2D eigenvalue weighted by Gasteiger charge is -2.28. The molecule has 2 aliphatic heterocycles. The molecular weight excluding hydrogens is 284 g/mol. The number of ether oxygens (including phenoxy) is 2. The van der Waals surface area contributed by atoms with E-state index in [-0.39, 0.29) is 5.78 Å². The van der Waals surface area contributed by atoms with E-state index >= 15 is 0 Å². The predicted octanol–water partition coefficient (Wildman–Crippen LogP) is 0.0193. The molecule has 0 bridgehead atoms. The van der Waals surface area contributed by atoms with Gasteiger partial charge in [-0.2, -0.15) is 0 Å². The standard InChI is InChI=1S/C12H19N2O3S2/c1-19-12(14-4-8-17-9-5-14)10(15)11(18)13-2-6-16-7-3-13/h2-9H2,1H3/q+1. The maximum Gasteiger partial charge on any atom is 0.290 e. The second-order valence-electron chi connectivity index (χ2n) is 4.34. The Morgan fingerprint density at radius 3 is 2.32 bits per heavy atom. The van der Waals surface area contributed by atoms with E-state index in [4.69, 9.17) is 21.7 Å². The molecule has 0 saturated carbocycles. The zero-order valence-electron chi connectivity index (χ0n) is 11.1. The van der Waals surface area contributed by atoms with E-state index in [9.17, 15) is 4.79 Å². The smallest absolute Gasteiger partial charge is 0.290 e. The fourth-order valence-electron chi connectivity index (χ4n) is 2.13. The van der Waals surface area contributed by atoms with E-state index < -0.39 is 0 Å². The van der Waals surface area contributed by atoms with Crippen LogP contribution < -0.4 is 0 Å². The van der Waals surface area contributed by atoms with Gasteiger partial charge in [0.25, 0.3) is 10.8 Å². The van der Waals surface area contributed by atoms with Gasteiger partial charge in [-0.15, -0.1) is 0 Å². The van der Waals surface area contributed by atoms with Gasteiger partial charge in [-0.05, 0) is 6.26 Å². The minimum Gasteiger partial charge on any atom is -0.378 e. The van der Waals surface area contributed by atoms with E-state index in [2.05, 4.69) is 4.58 Å². The van der Waals surface area contributed by atoms with Crippen molar-refractivity contribution in [1.82, 2.24) is 4.90 Å². The summed E-state index contributed by atoms with van der Waals surface area (Å²) in [6.07, 6.45) is 1.92. The van der Waals surface area contributed by atoms with Crippen molar-refractivity contribution in [2.75, 3.05) is 58.9 Å². The number of thioether (sulfide) groups is 1. The van der Waals surface area contributed by atoms with E-state index in [1.54, 1.807) is 0 Å². The number of carbonyl (C=O) groups is 1. The number of ketones is 1. The van der Waals surface area contributed by atoms with Gasteiger partial charge in [0.15, 0.2) is 18.1 Å². The van der Waals surface area contributed by atoms with Crippen molar-refractivity contribution in [3.63, 3.8) is 0 Å². The van der Waals surface area contributed by atoms with Crippen molar-refractivity contribution in [2.24, 2.45) is 0 Å². The second kappa shape index (κ2) is 7.33. The second-order valence-corrected chi connectivity index (χ2v) is 5.52. The number of thiocarbonyl (C=S) groups is 1. The number of Topliss-reactive ketones (excluding diaryl/α,β-unsaturated/α-hetero) is 1. The van der Waals surface area contributed by atoms with Crippen molar-refractivity contribution in [3.05, 3.63) is 0 Å². The molecule has 0 unspecified atom stereocenters. The molecule has 0 amide bonds. The van der Waals surface area contributed by atoms with Gasteiger partial charge in [0.1, 0.15) is 13.2 Å². The van der Waals surface area contributed by atoms with Crippen LogP contribution in [0.15, 0.2) is 0 Å². The summed E-state index contributed by atoms with van der Waals surface area (Å²) in [5.74, 6) is -0.0358. The number of hydrogen-bond donors (Lipinski definition) is 0. The van der Waals surface area contributed by atoms with Gasteiger partial charge in [0, 0.05) is 13.1 Å². The SMILES string of the molecule is CSC(C(=O)C(=S)N1CCOCC1)=[N+]1CCOCC1. The van der Waals surface area contributed by atoms with Crippen LogP contribution in [0.3, 0.4) is 0 Å². The minimum atomic E-state index is -0.0358. The van der Waals surface area contributed by atoms with Gasteiger partial charge in [0.2, 0.25) is 0 Å². The molecule has 0 aromatic carbocycles. The number of nitrogens with zero attached hydrogens (tertiary/aromatic N) is 2. The number of rotatable bonds is 2. The molecule has 0 aromatic rings. The van der Waals surface area contributed by atoms with E-state index in [0.29, 0.717) is 44.5 Å². The van der Waals surface area contributed by atoms with Crippen LogP contribution in [-0.4, -0.2) is 84.2 Å². The maximum atomic E-state index is 12.5. The lowest BCUT2D eigenvalue weighted by Crippen LogP contribution is -2.46. The number of morpholine rings is 2. The average molecular weight is 303 g/mol. The average Bonchev–Trinajstić information content (AvgIpc) is 2.49. The van der Waals surface area contributed by atoms with Crippen molar-refractivity contribution < 1.29 is 18.8 Å². The summed E-state index contributed by atoms with van der Waals surface area (Å²) in [7, 11) is 0. The van der Waals surface area contributed by atoms with Crippen LogP contribution in [-0.2, 0) is 14.3 Å². The van der Waals surface area contributed by atoms with Crippen LogP contribution in [0.4, 0.5) is 0 Å². The third-order valence-corrected chi connectivity index (χ3v) is 4.45. The van der Waals surface area contributed by atoms with Gasteiger partial charge in [-0.3, -0.25) is 4.79 Å². The molecule has 0 atom stereocenters. The third kappa shape index (κ3) is 3.75. The van der Waals surface area contributed by atoms with Crippen molar-refractivity contribution >= 4 is 39.8 Å². The number of carbonyl (C=O) groups excluding carboxylic acids is 1. The van der Waals surface area contributed by atoms with Crippen LogP contribution in [0.1, 0.15) is 0 Å². The fourth-order valence-corrected chi connectivity index (χ4v) is 3.20. The zero-order valence-corrected chi connectivity index (χ0v) is 12.7. The molecule has 2 saturated heterocycles. The molecule has 2 fully saturated rings. The Morgan fingerprint density at radius 2 is 1.74 bits per heavy atom. The molecule has 2 aliphatic rings. The summed E-state index contributed by atoms with van der Waals surface area (Å²) in [5.41, 5.74) is 0. The molecule has 7 heteroatoms. The minimum absolute atomic E-state index is 0.0358. The van der Waals surface area contributed by atoms with Crippen molar-refractivity contribution in [2.45, 2.75) is 0 Å². The lowest BCUT2D eigenvalue weighted by molar-refractivity contribution is -0.545. The van der Waals surface area contributed by atoms with E-state index in [1.165, 1.54) is 11.8 Å². The number of hydrogen-bond acceptors (Lipinski definition) is 5. The molecule has 0 N–H and O–H groups in total. The van der Waals surface area contributed by atoms with Gasteiger partial charge in [-0.25, -0.2) is 4.58 Å². The van der Waals surface area contributed by atoms with Crippen molar-refractivity contribution in [3.8, 4) is 0 Å². The van der Waals surface area contributed by atoms with E-state index in [1.807, 2.05) is 11.2 Å². The fraction of sp³-hybridized carbons (Fsp3) is 0.750. The first-order valence-electron chi connectivity index (χ1n) is 6.39. The van der Waals surface area contributed by atoms with Gasteiger partial charge < -0.3 is 14.4 Å². The Balaban J connectivity index is 2.09. The zero-order chi connectivity index (χ0) is 13.7. The Hall–Kier alpha value is -0.500. The third-order valence-electron chi connectivity index (χ3n) is 3.18. The topological polar surface area (TPSA) is 41.8 Å². The summed E-state index contributed by atoms with van der Waals surface area (Å²) < 4.78 is 12.7. The Labute approximate surface area is 122 Å². The van der Waals surface area contributed by atoms with Gasteiger partial charge >= 0.3 is 0 Å². The molecule has 2 rings (SSSR count). The highest BCUT2D eigenvalue weighted by molar-refractivity contribution is 8.15. The summed E-state index contributed by atoms with van der Waals surface area (Å²) in [4.78, 5) is 14.9. The highest BCUT2D eigenvalue weighted by Gasteiger charge is 2.30. The highest BCUT2D eigenvalue weighted by Crippen LogP contribution is 2.08. The Kier molecular flexibility index (Phi) is 5.75. The molecular formula is C12H19N2O3S2+. The first kappa shape index (κ1) is 14.9. The maximum absolute atomic E-state index is 12.5. The normalized spacial score (nSPS) is 20.3. The van der Waals surface area contributed by atoms with Gasteiger partial charge in [0.05, 0.1) is 13.2 Å². The molecule has 2 heterocycles. The van der Waals surface area contributed by atoms with Crippen LogP contribution in [0.2, 0.25) is 0 Å². The molecule has 0 aromatic heterocycles. The lowest BCUT2D eigenvalue weighted by atomic mass is 10.3. The van der Waals surface area contributed by atoms with Crippen LogP contribution in [0.5, 0.6) is 0 Å².